The van der Waals surface area contributed by atoms with Crippen LogP contribution < -0.4 is 5.32 Å². The molecule has 1 saturated heterocycles. The SMILES string of the molecule is O=C(CCN1CC[C@H](c2ccccc2)C1)Nc1ccnn1C1CCCC1. The highest BCUT2D eigenvalue weighted by molar-refractivity contribution is 5.89. The summed E-state index contributed by atoms with van der Waals surface area (Å²) in [6.07, 6.45) is 8.36. The van der Waals surface area contributed by atoms with Gasteiger partial charge in [0.05, 0.1) is 12.2 Å². The molecule has 1 aromatic heterocycles. The molecule has 1 aromatic carbocycles. The topological polar surface area (TPSA) is 50.2 Å². The zero-order valence-corrected chi connectivity index (χ0v) is 15.3. The third-order valence-electron chi connectivity index (χ3n) is 5.81. The highest BCUT2D eigenvalue weighted by atomic mass is 16.1. The van der Waals surface area contributed by atoms with Crippen molar-refractivity contribution in [1.29, 1.82) is 0 Å². The number of carbonyl (C=O) groups is 1. The number of rotatable bonds is 6. The summed E-state index contributed by atoms with van der Waals surface area (Å²) in [7, 11) is 0. The second kappa shape index (κ2) is 8.04. The fourth-order valence-corrected chi connectivity index (χ4v) is 4.35. The summed E-state index contributed by atoms with van der Waals surface area (Å²) in [5.41, 5.74) is 1.42. The number of benzene rings is 1. The molecule has 1 atom stereocenters. The number of aromatic nitrogens is 2. The van der Waals surface area contributed by atoms with Crippen molar-refractivity contribution in [3.63, 3.8) is 0 Å². The number of hydrogen-bond acceptors (Lipinski definition) is 3. The average Bonchev–Trinajstić information content (AvgIpc) is 3.42. The van der Waals surface area contributed by atoms with E-state index in [4.69, 9.17) is 0 Å². The van der Waals surface area contributed by atoms with Crippen molar-refractivity contribution < 1.29 is 4.79 Å². The Hall–Kier alpha value is -2.14. The van der Waals surface area contributed by atoms with Gasteiger partial charge < -0.3 is 10.2 Å². The lowest BCUT2D eigenvalue weighted by atomic mass is 9.99. The van der Waals surface area contributed by atoms with Gasteiger partial charge in [-0.3, -0.25) is 4.79 Å². The van der Waals surface area contributed by atoms with Crippen molar-refractivity contribution in [2.45, 2.75) is 50.5 Å². The largest absolute Gasteiger partial charge is 0.311 e. The van der Waals surface area contributed by atoms with Crippen LogP contribution >= 0.6 is 0 Å². The normalized spacial score (nSPS) is 21.3. The molecule has 0 bridgehead atoms. The molecule has 0 radical (unpaired) electrons. The first-order chi connectivity index (χ1) is 12.8. The van der Waals surface area contributed by atoms with E-state index >= 15 is 0 Å². The van der Waals surface area contributed by atoms with Gasteiger partial charge in [-0.25, -0.2) is 4.68 Å². The molecular formula is C21H28N4O. The molecule has 1 amide bonds. The van der Waals surface area contributed by atoms with Crippen LogP contribution in [0.1, 0.15) is 56.0 Å². The van der Waals surface area contributed by atoms with E-state index in [-0.39, 0.29) is 5.91 Å². The number of hydrogen-bond donors (Lipinski definition) is 1. The van der Waals surface area contributed by atoms with Gasteiger partial charge in [-0.05, 0) is 37.3 Å². The number of amides is 1. The first-order valence-electron chi connectivity index (χ1n) is 9.90. The Morgan fingerprint density at radius 3 is 2.73 bits per heavy atom. The fraction of sp³-hybridized carbons (Fsp3) is 0.524. The minimum atomic E-state index is 0.0907. The van der Waals surface area contributed by atoms with Gasteiger partial charge in [-0.1, -0.05) is 43.2 Å². The first kappa shape index (κ1) is 17.3. The average molecular weight is 352 g/mol. The van der Waals surface area contributed by atoms with Crippen LogP contribution in [0.25, 0.3) is 0 Å². The van der Waals surface area contributed by atoms with Gasteiger partial charge in [-0.15, -0.1) is 0 Å². The number of nitrogens with one attached hydrogen (secondary N) is 1. The summed E-state index contributed by atoms with van der Waals surface area (Å²) >= 11 is 0. The summed E-state index contributed by atoms with van der Waals surface area (Å²) in [6, 6.07) is 13.1. The highest BCUT2D eigenvalue weighted by Gasteiger charge is 2.24. The van der Waals surface area contributed by atoms with Crippen LogP contribution in [0, 0.1) is 0 Å². The van der Waals surface area contributed by atoms with E-state index in [1.165, 1.54) is 37.7 Å². The molecule has 2 aromatic rings. The zero-order valence-electron chi connectivity index (χ0n) is 15.3. The van der Waals surface area contributed by atoms with Gasteiger partial charge in [-0.2, -0.15) is 5.10 Å². The van der Waals surface area contributed by atoms with Crippen molar-refractivity contribution in [1.82, 2.24) is 14.7 Å². The Kier molecular flexibility index (Phi) is 5.34. The zero-order chi connectivity index (χ0) is 17.8. The Labute approximate surface area is 155 Å². The van der Waals surface area contributed by atoms with Crippen LogP contribution in [0.2, 0.25) is 0 Å². The first-order valence-corrected chi connectivity index (χ1v) is 9.90. The van der Waals surface area contributed by atoms with Crippen LogP contribution in [0.5, 0.6) is 0 Å². The lowest BCUT2D eigenvalue weighted by Gasteiger charge is -2.17. The van der Waals surface area contributed by atoms with E-state index in [1.54, 1.807) is 6.20 Å². The lowest BCUT2D eigenvalue weighted by Crippen LogP contribution is -2.26. The van der Waals surface area contributed by atoms with Gasteiger partial charge in [0.15, 0.2) is 0 Å². The van der Waals surface area contributed by atoms with E-state index < -0.39 is 0 Å². The van der Waals surface area contributed by atoms with Crippen LogP contribution in [0.4, 0.5) is 5.82 Å². The molecule has 0 unspecified atom stereocenters. The van der Waals surface area contributed by atoms with Gasteiger partial charge in [0, 0.05) is 25.6 Å². The smallest absolute Gasteiger partial charge is 0.226 e. The van der Waals surface area contributed by atoms with Crippen LogP contribution in [-0.2, 0) is 4.79 Å². The van der Waals surface area contributed by atoms with Crippen LogP contribution in [0.3, 0.4) is 0 Å². The number of nitrogens with zero attached hydrogens (tertiary/aromatic N) is 3. The molecular weight excluding hydrogens is 324 g/mol. The number of likely N-dealkylation sites (tertiary alicyclic amines) is 1. The highest BCUT2D eigenvalue weighted by Crippen LogP contribution is 2.31. The summed E-state index contributed by atoms with van der Waals surface area (Å²) < 4.78 is 2.01. The number of carbonyl (C=O) groups excluding carboxylic acids is 1. The van der Waals surface area contributed by atoms with E-state index in [1.807, 2.05) is 10.7 Å². The van der Waals surface area contributed by atoms with E-state index in [0.717, 1.165) is 25.5 Å². The molecule has 0 spiro atoms. The van der Waals surface area contributed by atoms with Crippen molar-refractivity contribution in [2.24, 2.45) is 0 Å². The molecule has 4 rings (SSSR count). The standard InChI is InChI=1S/C21H28N4O/c26-21(23-20-10-13-22-25(20)19-8-4-5-9-19)12-15-24-14-11-18(16-24)17-6-2-1-3-7-17/h1-3,6-7,10,13,18-19H,4-5,8-9,11-12,14-16H2,(H,23,26)/t18-/m0/s1. The van der Waals surface area contributed by atoms with Crippen molar-refractivity contribution in [2.75, 3.05) is 25.0 Å². The molecule has 1 saturated carbocycles. The van der Waals surface area contributed by atoms with Gasteiger partial charge in [0.25, 0.3) is 0 Å². The Morgan fingerprint density at radius 1 is 1.12 bits per heavy atom. The summed E-state index contributed by atoms with van der Waals surface area (Å²) in [5.74, 6) is 1.54. The minimum absolute atomic E-state index is 0.0907. The second-order valence-corrected chi connectivity index (χ2v) is 7.59. The minimum Gasteiger partial charge on any atom is -0.311 e. The van der Waals surface area contributed by atoms with E-state index in [0.29, 0.717) is 18.4 Å². The molecule has 26 heavy (non-hydrogen) atoms. The third-order valence-corrected chi connectivity index (χ3v) is 5.81. The molecule has 1 N–H and O–H groups in total. The lowest BCUT2D eigenvalue weighted by molar-refractivity contribution is -0.116. The molecule has 5 nitrogen and oxygen atoms in total. The van der Waals surface area contributed by atoms with Crippen molar-refractivity contribution in [3.8, 4) is 0 Å². The predicted octanol–water partition coefficient (Wildman–Crippen LogP) is 3.82. The summed E-state index contributed by atoms with van der Waals surface area (Å²) in [5, 5.41) is 7.49. The summed E-state index contributed by atoms with van der Waals surface area (Å²) in [4.78, 5) is 14.8. The molecule has 2 fully saturated rings. The predicted molar refractivity (Wildman–Crippen MR) is 103 cm³/mol. The Morgan fingerprint density at radius 2 is 1.92 bits per heavy atom. The summed E-state index contributed by atoms with van der Waals surface area (Å²) in [6.45, 7) is 2.96. The fourth-order valence-electron chi connectivity index (χ4n) is 4.35. The third kappa shape index (κ3) is 3.98. The quantitative estimate of drug-likeness (QED) is 0.860. The van der Waals surface area contributed by atoms with Crippen molar-refractivity contribution in [3.05, 3.63) is 48.2 Å². The Balaban J connectivity index is 1.26. The van der Waals surface area contributed by atoms with Crippen LogP contribution in [0.15, 0.2) is 42.6 Å². The van der Waals surface area contributed by atoms with Crippen LogP contribution in [-0.4, -0.2) is 40.2 Å². The molecule has 138 valence electrons. The Bertz CT molecular complexity index is 721. The van der Waals surface area contributed by atoms with Gasteiger partial charge in [0.2, 0.25) is 5.91 Å². The van der Waals surface area contributed by atoms with Gasteiger partial charge in [0.1, 0.15) is 5.82 Å². The second-order valence-electron chi connectivity index (χ2n) is 7.59. The number of anilines is 1. The molecule has 2 aliphatic rings. The monoisotopic (exact) mass is 352 g/mol. The maximum atomic E-state index is 12.4. The van der Waals surface area contributed by atoms with E-state index in [2.05, 4.69) is 45.6 Å². The van der Waals surface area contributed by atoms with Crippen molar-refractivity contribution >= 4 is 11.7 Å². The van der Waals surface area contributed by atoms with E-state index in [9.17, 15) is 4.79 Å². The molecule has 2 heterocycles. The van der Waals surface area contributed by atoms with Gasteiger partial charge >= 0.3 is 0 Å². The maximum absolute atomic E-state index is 12.4. The molecule has 5 heteroatoms. The maximum Gasteiger partial charge on any atom is 0.226 e. The molecule has 1 aliphatic carbocycles. The molecule has 1 aliphatic heterocycles.